The second-order valence-electron chi connectivity index (χ2n) is 3.68. The molecule has 2 aliphatic rings. The number of carbonyl (C=O) groups excluding carboxylic acids is 2. The van der Waals surface area contributed by atoms with Gasteiger partial charge in [-0.3, -0.25) is 19.8 Å². The van der Waals surface area contributed by atoms with Crippen molar-refractivity contribution in [2.24, 2.45) is 0 Å². The predicted molar refractivity (Wildman–Crippen MR) is 46.0 cm³/mol. The molecule has 0 radical (unpaired) electrons. The van der Waals surface area contributed by atoms with Gasteiger partial charge in [0, 0.05) is 12.8 Å². The molecule has 0 spiro atoms. The van der Waals surface area contributed by atoms with Crippen LogP contribution in [-0.2, 0) is 9.59 Å². The highest BCUT2D eigenvalue weighted by Crippen LogP contribution is 2.22. The summed E-state index contributed by atoms with van der Waals surface area (Å²) >= 11 is 0. The molecule has 0 aliphatic carbocycles. The zero-order valence-electron chi connectivity index (χ0n) is 7.83. The molecule has 7 nitrogen and oxygen atoms in total. The van der Waals surface area contributed by atoms with E-state index in [0.29, 0.717) is 0 Å². The molecular weight excluding hydrogens is 204 g/mol. The molecule has 4 N–H and O–H groups in total. The Kier molecular flexibility index (Phi) is 2.47. The number of amides is 1. The Balaban J connectivity index is 2.30. The van der Waals surface area contributed by atoms with Crippen LogP contribution < -0.4 is 5.32 Å². The number of rotatable bonds is 0. The Morgan fingerprint density at radius 1 is 1.20 bits per heavy atom. The maximum absolute atomic E-state index is 11.5. The summed E-state index contributed by atoms with van der Waals surface area (Å²) in [5.41, 5.74) is 0. The molecule has 1 amide bonds. The largest absolute Gasteiger partial charge is 0.382 e. The van der Waals surface area contributed by atoms with E-state index in [1.807, 2.05) is 0 Å². The van der Waals surface area contributed by atoms with E-state index in [-0.39, 0.29) is 12.8 Å². The topological polar surface area (TPSA) is 110 Å². The molecule has 4 atom stereocenters. The Hall–Kier alpha value is -1.02. The molecular formula is C8H12N2O5. The molecule has 2 aliphatic heterocycles. The number of aliphatic hydroxyl groups is 3. The van der Waals surface area contributed by atoms with E-state index in [2.05, 4.69) is 5.32 Å². The number of nitrogens with one attached hydrogen (secondary N) is 1. The number of carbonyl (C=O) groups is 2. The van der Waals surface area contributed by atoms with Gasteiger partial charge in [-0.05, 0) is 0 Å². The molecule has 0 aromatic rings. The van der Waals surface area contributed by atoms with Gasteiger partial charge in [-0.1, -0.05) is 0 Å². The maximum atomic E-state index is 11.5. The van der Waals surface area contributed by atoms with Crippen LogP contribution in [0.1, 0.15) is 12.8 Å². The quantitative estimate of drug-likeness (QED) is 0.346. The van der Waals surface area contributed by atoms with Gasteiger partial charge in [0.2, 0.25) is 5.91 Å². The number of aliphatic hydroxyl groups excluding tert-OH is 3. The average Bonchev–Trinajstić information content (AvgIpc) is 2.45. The van der Waals surface area contributed by atoms with Crippen LogP contribution in [0.2, 0.25) is 0 Å². The molecule has 2 fully saturated rings. The van der Waals surface area contributed by atoms with E-state index >= 15 is 0 Å². The Bertz CT molecular complexity index is 307. The number of Topliss-reactive ketones (excluding diaryl/α,β-unsaturated/α-hetero) is 1. The van der Waals surface area contributed by atoms with Crippen LogP contribution in [0.3, 0.4) is 0 Å². The zero-order chi connectivity index (χ0) is 11.2. The highest BCUT2D eigenvalue weighted by Gasteiger charge is 2.48. The lowest BCUT2D eigenvalue weighted by Gasteiger charge is -2.25. The van der Waals surface area contributed by atoms with Gasteiger partial charge in [0.05, 0.1) is 0 Å². The van der Waals surface area contributed by atoms with E-state index in [9.17, 15) is 24.9 Å². The number of fused-ring (bicyclic) bond motifs is 1. The van der Waals surface area contributed by atoms with Gasteiger partial charge in [0.15, 0.2) is 18.2 Å². The lowest BCUT2D eigenvalue weighted by Crippen LogP contribution is -2.50. The lowest BCUT2D eigenvalue weighted by atomic mass is 10.1. The summed E-state index contributed by atoms with van der Waals surface area (Å²) in [6.45, 7) is 0. The minimum absolute atomic E-state index is 0.0442. The van der Waals surface area contributed by atoms with Crippen molar-refractivity contribution in [1.82, 2.24) is 10.2 Å². The van der Waals surface area contributed by atoms with Crippen molar-refractivity contribution < 1.29 is 24.9 Å². The molecule has 4 unspecified atom stereocenters. The fraction of sp³-hybridized carbons (Fsp3) is 0.750. The zero-order valence-corrected chi connectivity index (χ0v) is 7.83. The predicted octanol–water partition coefficient (Wildman–Crippen LogP) is -2.90. The fourth-order valence-electron chi connectivity index (χ4n) is 1.89. The fourth-order valence-corrected chi connectivity index (χ4v) is 1.89. The summed E-state index contributed by atoms with van der Waals surface area (Å²) in [7, 11) is 0. The average molecular weight is 216 g/mol. The molecule has 0 aromatic heterocycles. The van der Waals surface area contributed by atoms with Gasteiger partial charge in [-0.15, -0.1) is 0 Å². The third-order valence-electron chi connectivity index (χ3n) is 2.71. The molecule has 0 aromatic carbocycles. The number of hydrogen-bond acceptors (Lipinski definition) is 6. The highest BCUT2D eigenvalue weighted by atomic mass is 16.4. The van der Waals surface area contributed by atoms with Gasteiger partial charge >= 0.3 is 0 Å². The van der Waals surface area contributed by atoms with E-state index in [4.69, 9.17) is 0 Å². The maximum Gasteiger partial charge on any atom is 0.226 e. The summed E-state index contributed by atoms with van der Waals surface area (Å²) in [6.07, 6.45) is -5.28. The number of nitrogens with zero attached hydrogens (tertiary/aromatic N) is 1. The second kappa shape index (κ2) is 3.53. The molecule has 2 saturated heterocycles. The smallest absolute Gasteiger partial charge is 0.226 e. The van der Waals surface area contributed by atoms with Crippen LogP contribution in [-0.4, -0.2) is 56.6 Å². The SMILES string of the molecule is O=C1CCC(=O)N2C(O)C(O)NC2C1O. The van der Waals surface area contributed by atoms with Crippen LogP contribution in [0.5, 0.6) is 0 Å². The van der Waals surface area contributed by atoms with Crippen molar-refractivity contribution in [2.75, 3.05) is 0 Å². The molecule has 7 heteroatoms. The van der Waals surface area contributed by atoms with Crippen molar-refractivity contribution in [3.8, 4) is 0 Å². The minimum Gasteiger partial charge on any atom is -0.382 e. The first-order chi connectivity index (χ1) is 7.02. The molecule has 0 saturated carbocycles. The molecule has 84 valence electrons. The summed E-state index contributed by atoms with van der Waals surface area (Å²) in [5, 5.41) is 30.7. The minimum atomic E-state index is -1.41. The van der Waals surface area contributed by atoms with E-state index in [1.165, 1.54) is 0 Å². The summed E-state index contributed by atoms with van der Waals surface area (Å²) in [4.78, 5) is 23.7. The Morgan fingerprint density at radius 3 is 2.53 bits per heavy atom. The van der Waals surface area contributed by atoms with Gasteiger partial charge in [-0.2, -0.15) is 0 Å². The monoisotopic (exact) mass is 216 g/mol. The van der Waals surface area contributed by atoms with Crippen LogP contribution in [0.15, 0.2) is 0 Å². The van der Waals surface area contributed by atoms with Crippen molar-refractivity contribution >= 4 is 11.7 Å². The first-order valence-electron chi connectivity index (χ1n) is 4.66. The van der Waals surface area contributed by atoms with Crippen molar-refractivity contribution in [1.29, 1.82) is 0 Å². The third kappa shape index (κ3) is 1.53. The van der Waals surface area contributed by atoms with Gasteiger partial charge in [0.1, 0.15) is 12.3 Å². The van der Waals surface area contributed by atoms with E-state index in [1.54, 1.807) is 0 Å². The van der Waals surface area contributed by atoms with Crippen molar-refractivity contribution in [3.05, 3.63) is 0 Å². The van der Waals surface area contributed by atoms with Crippen LogP contribution in [0.4, 0.5) is 0 Å². The molecule has 2 rings (SSSR count). The van der Waals surface area contributed by atoms with Crippen molar-refractivity contribution in [2.45, 2.75) is 37.6 Å². The number of hydrogen-bond donors (Lipinski definition) is 4. The number of ketones is 1. The van der Waals surface area contributed by atoms with Gasteiger partial charge < -0.3 is 15.3 Å². The first kappa shape index (κ1) is 10.5. The van der Waals surface area contributed by atoms with Crippen molar-refractivity contribution in [3.63, 3.8) is 0 Å². The first-order valence-corrected chi connectivity index (χ1v) is 4.66. The summed E-state index contributed by atoms with van der Waals surface area (Å²) in [5.74, 6) is -0.925. The van der Waals surface area contributed by atoms with Crippen LogP contribution in [0.25, 0.3) is 0 Å². The Labute approximate surface area is 85.3 Å². The normalized spacial score (nSPS) is 41.7. The molecule has 15 heavy (non-hydrogen) atoms. The Morgan fingerprint density at radius 2 is 1.87 bits per heavy atom. The van der Waals surface area contributed by atoms with E-state index < -0.39 is 36.4 Å². The standard InChI is InChI=1S/C8H12N2O5/c11-3-1-2-4(12)10-6(5(3)13)9-7(14)8(10)15/h5-9,13-15H,1-2H2. The summed E-state index contributed by atoms with van der Waals surface area (Å²) < 4.78 is 0. The third-order valence-corrected chi connectivity index (χ3v) is 2.71. The van der Waals surface area contributed by atoms with E-state index in [0.717, 1.165) is 4.90 Å². The lowest BCUT2D eigenvalue weighted by molar-refractivity contribution is -0.146. The van der Waals surface area contributed by atoms with Crippen LogP contribution >= 0.6 is 0 Å². The molecule has 0 bridgehead atoms. The van der Waals surface area contributed by atoms with Gasteiger partial charge in [0.25, 0.3) is 0 Å². The second-order valence-corrected chi connectivity index (χ2v) is 3.68. The highest BCUT2D eigenvalue weighted by molar-refractivity contribution is 5.91. The summed E-state index contributed by atoms with van der Waals surface area (Å²) in [6, 6.07) is 0. The van der Waals surface area contributed by atoms with Crippen LogP contribution in [0, 0.1) is 0 Å². The molecule has 2 heterocycles. The van der Waals surface area contributed by atoms with Gasteiger partial charge in [-0.25, -0.2) is 0 Å².